The Morgan fingerprint density at radius 2 is 2.24 bits per heavy atom. The number of aryl methyl sites for hydroxylation is 2. The summed E-state index contributed by atoms with van der Waals surface area (Å²) in [5.74, 6) is 0.839. The van der Waals surface area contributed by atoms with Crippen LogP contribution in [0.15, 0.2) is 35.8 Å². The molecule has 0 saturated heterocycles. The average molecular weight is 355 g/mol. The van der Waals surface area contributed by atoms with Crippen molar-refractivity contribution in [3.05, 3.63) is 52.7 Å². The van der Waals surface area contributed by atoms with Crippen molar-refractivity contribution in [2.75, 3.05) is 13.2 Å². The second-order valence-corrected chi connectivity index (χ2v) is 7.38. The van der Waals surface area contributed by atoms with Crippen LogP contribution in [-0.2, 0) is 20.1 Å². The van der Waals surface area contributed by atoms with Crippen LogP contribution >= 0.6 is 11.3 Å². The predicted molar refractivity (Wildman–Crippen MR) is 99.0 cm³/mol. The first-order chi connectivity index (χ1) is 12.1. The molecular weight excluding hydrogens is 334 g/mol. The van der Waals surface area contributed by atoms with Gasteiger partial charge in [-0.25, -0.2) is 0 Å². The number of hydrogen-bond donors (Lipinski definition) is 1. The smallest absolute Gasteiger partial charge is 0.165 e. The van der Waals surface area contributed by atoms with Crippen LogP contribution in [0, 0.1) is 6.92 Å². The highest BCUT2D eigenvalue weighted by molar-refractivity contribution is 7.13. The molecule has 1 aliphatic rings. The normalized spacial score (nSPS) is 14.8. The summed E-state index contributed by atoms with van der Waals surface area (Å²) >= 11 is 1.67. The SMILES string of the molecule is Cc1nn(C)cc1CN1CCOc2c(O)cc(-c3cccs3)cc2C1. The van der Waals surface area contributed by atoms with Crippen LogP contribution in [0.5, 0.6) is 11.5 Å². The number of benzene rings is 1. The molecule has 1 N–H and O–H groups in total. The Morgan fingerprint density at radius 3 is 2.96 bits per heavy atom. The van der Waals surface area contributed by atoms with Crippen molar-refractivity contribution in [3.8, 4) is 21.9 Å². The predicted octanol–water partition coefficient (Wildman–Crippen LogP) is 3.56. The van der Waals surface area contributed by atoms with Crippen LogP contribution in [0.1, 0.15) is 16.8 Å². The van der Waals surface area contributed by atoms with Gasteiger partial charge in [-0.1, -0.05) is 6.07 Å². The van der Waals surface area contributed by atoms with E-state index in [4.69, 9.17) is 4.74 Å². The maximum Gasteiger partial charge on any atom is 0.165 e. The fourth-order valence-corrected chi connectivity index (χ4v) is 4.03. The van der Waals surface area contributed by atoms with E-state index in [0.29, 0.717) is 12.4 Å². The summed E-state index contributed by atoms with van der Waals surface area (Å²) in [6.45, 7) is 5.00. The molecule has 1 aliphatic heterocycles. The van der Waals surface area contributed by atoms with Gasteiger partial charge in [-0.3, -0.25) is 9.58 Å². The third kappa shape index (κ3) is 3.27. The Bertz CT molecular complexity index is 886. The Morgan fingerprint density at radius 1 is 1.36 bits per heavy atom. The van der Waals surface area contributed by atoms with Crippen LogP contribution in [-0.4, -0.2) is 32.9 Å². The van der Waals surface area contributed by atoms with E-state index in [0.717, 1.165) is 41.3 Å². The summed E-state index contributed by atoms with van der Waals surface area (Å²) in [5.41, 5.74) is 4.35. The van der Waals surface area contributed by atoms with Crippen molar-refractivity contribution in [2.45, 2.75) is 20.0 Å². The van der Waals surface area contributed by atoms with E-state index >= 15 is 0 Å². The molecule has 6 heteroatoms. The minimum Gasteiger partial charge on any atom is -0.504 e. The number of phenols is 1. The lowest BCUT2D eigenvalue weighted by Crippen LogP contribution is -2.25. The third-order valence-electron chi connectivity index (χ3n) is 4.51. The Kier molecular flexibility index (Phi) is 4.23. The third-order valence-corrected chi connectivity index (χ3v) is 5.43. The van der Waals surface area contributed by atoms with Crippen molar-refractivity contribution < 1.29 is 9.84 Å². The van der Waals surface area contributed by atoms with Gasteiger partial charge in [0.25, 0.3) is 0 Å². The summed E-state index contributed by atoms with van der Waals surface area (Å²) in [4.78, 5) is 3.49. The first kappa shape index (κ1) is 16.2. The highest BCUT2D eigenvalue weighted by Gasteiger charge is 2.21. The fourth-order valence-electron chi connectivity index (χ4n) is 3.32. The molecule has 5 nitrogen and oxygen atoms in total. The first-order valence-electron chi connectivity index (χ1n) is 8.34. The van der Waals surface area contributed by atoms with Crippen LogP contribution in [0.25, 0.3) is 10.4 Å². The van der Waals surface area contributed by atoms with Crippen molar-refractivity contribution >= 4 is 11.3 Å². The Hall–Kier alpha value is -2.31. The van der Waals surface area contributed by atoms with Gasteiger partial charge in [0.1, 0.15) is 6.61 Å². The maximum atomic E-state index is 10.4. The van der Waals surface area contributed by atoms with Crippen molar-refractivity contribution in [2.24, 2.45) is 7.05 Å². The number of hydrogen-bond acceptors (Lipinski definition) is 5. The van der Waals surface area contributed by atoms with Crippen molar-refractivity contribution in [1.29, 1.82) is 0 Å². The second-order valence-electron chi connectivity index (χ2n) is 6.43. The van der Waals surface area contributed by atoms with E-state index in [1.807, 2.05) is 30.1 Å². The van der Waals surface area contributed by atoms with Gasteiger partial charge >= 0.3 is 0 Å². The van der Waals surface area contributed by atoms with Gasteiger partial charge in [-0.2, -0.15) is 5.10 Å². The van der Waals surface area contributed by atoms with E-state index < -0.39 is 0 Å². The zero-order chi connectivity index (χ0) is 17.4. The van der Waals surface area contributed by atoms with Crippen LogP contribution in [0.3, 0.4) is 0 Å². The highest BCUT2D eigenvalue weighted by Crippen LogP contribution is 2.38. The van der Waals surface area contributed by atoms with Gasteiger partial charge in [-0.05, 0) is 36.1 Å². The van der Waals surface area contributed by atoms with Gasteiger partial charge in [0.15, 0.2) is 11.5 Å². The topological polar surface area (TPSA) is 50.5 Å². The molecule has 0 fully saturated rings. The first-order valence-corrected chi connectivity index (χ1v) is 9.22. The zero-order valence-electron chi connectivity index (χ0n) is 14.4. The lowest BCUT2D eigenvalue weighted by atomic mass is 10.1. The molecule has 0 spiro atoms. The van der Waals surface area contributed by atoms with Crippen molar-refractivity contribution in [3.63, 3.8) is 0 Å². The monoisotopic (exact) mass is 355 g/mol. The Labute approximate surface area is 151 Å². The van der Waals surface area contributed by atoms with Gasteiger partial charge in [0, 0.05) is 48.9 Å². The maximum absolute atomic E-state index is 10.4. The van der Waals surface area contributed by atoms with E-state index in [-0.39, 0.29) is 5.75 Å². The Balaban J connectivity index is 1.64. The molecule has 0 radical (unpaired) electrons. The molecule has 0 atom stereocenters. The summed E-state index contributed by atoms with van der Waals surface area (Å²) in [7, 11) is 1.95. The summed E-state index contributed by atoms with van der Waals surface area (Å²) in [6.07, 6.45) is 2.07. The molecule has 0 saturated carbocycles. The molecular formula is C19H21N3O2S. The van der Waals surface area contributed by atoms with Gasteiger partial charge in [0.2, 0.25) is 0 Å². The van der Waals surface area contributed by atoms with Gasteiger partial charge in [0.05, 0.1) is 5.69 Å². The largest absolute Gasteiger partial charge is 0.504 e. The van der Waals surface area contributed by atoms with Crippen LogP contribution in [0.4, 0.5) is 0 Å². The molecule has 3 aromatic rings. The molecule has 0 aliphatic carbocycles. The number of phenolic OH excluding ortho intramolecular Hbond substituents is 1. The molecule has 4 rings (SSSR count). The summed E-state index contributed by atoms with van der Waals surface area (Å²) in [5, 5.41) is 16.9. The number of aromatic nitrogens is 2. The fraction of sp³-hybridized carbons (Fsp3) is 0.316. The second kappa shape index (κ2) is 6.54. The minimum atomic E-state index is 0.223. The molecule has 130 valence electrons. The lowest BCUT2D eigenvalue weighted by molar-refractivity contribution is 0.217. The summed E-state index contributed by atoms with van der Waals surface area (Å²) in [6, 6.07) is 8.03. The minimum absolute atomic E-state index is 0.223. The van der Waals surface area contributed by atoms with Crippen LogP contribution in [0.2, 0.25) is 0 Å². The average Bonchev–Trinajstić information content (AvgIpc) is 3.14. The molecule has 25 heavy (non-hydrogen) atoms. The number of rotatable bonds is 3. The van der Waals surface area contributed by atoms with E-state index in [1.54, 1.807) is 17.4 Å². The highest BCUT2D eigenvalue weighted by atomic mass is 32.1. The number of thiophene rings is 1. The van der Waals surface area contributed by atoms with Gasteiger partial charge < -0.3 is 9.84 Å². The number of aromatic hydroxyl groups is 1. The molecule has 1 aromatic carbocycles. The van der Waals surface area contributed by atoms with E-state index in [9.17, 15) is 5.11 Å². The van der Waals surface area contributed by atoms with E-state index in [2.05, 4.69) is 28.3 Å². The van der Waals surface area contributed by atoms with Gasteiger partial charge in [-0.15, -0.1) is 11.3 Å². The number of fused-ring (bicyclic) bond motifs is 1. The summed E-state index contributed by atoms with van der Waals surface area (Å²) < 4.78 is 7.70. The van der Waals surface area contributed by atoms with Crippen molar-refractivity contribution in [1.82, 2.24) is 14.7 Å². The molecule has 0 unspecified atom stereocenters. The standard InChI is InChI=1S/C19H21N3O2S/c1-13-16(10-21(2)20-13)12-22-5-6-24-19-15(11-22)8-14(9-17(19)23)18-4-3-7-25-18/h3-4,7-10,23H,5-6,11-12H2,1-2H3. The quantitative estimate of drug-likeness (QED) is 0.780. The molecule has 0 amide bonds. The molecule has 0 bridgehead atoms. The molecule has 2 aromatic heterocycles. The van der Waals surface area contributed by atoms with Crippen LogP contribution < -0.4 is 4.74 Å². The zero-order valence-corrected chi connectivity index (χ0v) is 15.2. The number of nitrogens with zero attached hydrogens (tertiary/aromatic N) is 3. The molecule has 3 heterocycles. The van der Waals surface area contributed by atoms with E-state index in [1.165, 1.54) is 5.56 Å². The lowest BCUT2D eigenvalue weighted by Gasteiger charge is -2.19. The number of ether oxygens (including phenoxy) is 1.